The number of ether oxygens (including phenoxy) is 1. The Labute approximate surface area is 125 Å². The van der Waals surface area contributed by atoms with Gasteiger partial charge in [-0.1, -0.05) is 0 Å². The highest BCUT2D eigenvalue weighted by molar-refractivity contribution is 5.75. The van der Waals surface area contributed by atoms with Crippen LogP contribution in [0.2, 0.25) is 0 Å². The minimum Gasteiger partial charge on any atom is -0.481 e. The number of nitrogens with zero attached hydrogens (tertiary/aromatic N) is 1. The summed E-state index contributed by atoms with van der Waals surface area (Å²) in [6.45, 7) is 3.18. The molecule has 0 aromatic heterocycles. The molecule has 2 amide bonds. The van der Waals surface area contributed by atoms with E-state index in [2.05, 4.69) is 12.2 Å². The molecule has 0 aliphatic heterocycles. The number of hydrogen-bond donors (Lipinski definition) is 2. The van der Waals surface area contributed by atoms with E-state index in [1.165, 1.54) is 12.8 Å². The molecule has 0 aromatic carbocycles. The Balaban J connectivity index is 1.87. The van der Waals surface area contributed by atoms with Gasteiger partial charge in [0.2, 0.25) is 0 Å². The van der Waals surface area contributed by atoms with Crippen molar-refractivity contribution in [2.24, 2.45) is 11.8 Å². The number of carbonyl (C=O) groups excluding carboxylic acids is 1. The van der Waals surface area contributed by atoms with E-state index in [1.807, 2.05) is 4.90 Å². The van der Waals surface area contributed by atoms with Crippen molar-refractivity contribution >= 4 is 12.0 Å². The molecule has 2 aliphatic rings. The number of methoxy groups -OCH3 is 1. The molecule has 0 spiro atoms. The van der Waals surface area contributed by atoms with Crippen molar-refractivity contribution in [3.05, 3.63) is 0 Å². The van der Waals surface area contributed by atoms with Gasteiger partial charge in [-0.25, -0.2) is 4.79 Å². The van der Waals surface area contributed by atoms with Gasteiger partial charge in [0.15, 0.2) is 0 Å². The highest BCUT2D eigenvalue weighted by Crippen LogP contribution is 2.35. The molecule has 2 saturated carbocycles. The SMILES string of the molecule is COCCN(C(=O)NC1CCC(C(=O)O)C1)C(C)C1CC1. The van der Waals surface area contributed by atoms with Crippen LogP contribution in [0.25, 0.3) is 0 Å². The molecule has 2 aliphatic carbocycles. The number of urea groups is 1. The summed E-state index contributed by atoms with van der Waals surface area (Å²) in [5.74, 6) is -0.471. The highest BCUT2D eigenvalue weighted by atomic mass is 16.5. The molecule has 0 bridgehead atoms. The number of carboxylic acid groups (broad SMARTS) is 1. The zero-order valence-electron chi connectivity index (χ0n) is 12.9. The van der Waals surface area contributed by atoms with Crippen LogP contribution in [0.5, 0.6) is 0 Å². The minimum atomic E-state index is -0.755. The Bertz CT molecular complexity index is 384. The quantitative estimate of drug-likeness (QED) is 0.750. The molecule has 0 aromatic rings. The monoisotopic (exact) mass is 298 g/mol. The van der Waals surface area contributed by atoms with Crippen LogP contribution in [0.3, 0.4) is 0 Å². The highest BCUT2D eigenvalue weighted by Gasteiger charge is 2.36. The fourth-order valence-corrected chi connectivity index (χ4v) is 3.11. The first-order valence-corrected chi connectivity index (χ1v) is 7.81. The number of nitrogens with one attached hydrogen (secondary N) is 1. The molecular formula is C15H26N2O4. The summed E-state index contributed by atoms with van der Waals surface area (Å²) in [5, 5.41) is 12.0. The summed E-state index contributed by atoms with van der Waals surface area (Å²) in [6.07, 6.45) is 4.30. The van der Waals surface area contributed by atoms with Gasteiger partial charge in [0.25, 0.3) is 0 Å². The zero-order valence-corrected chi connectivity index (χ0v) is 12.9. The first-order chi connectivity index (χ1) is 10.0. The standard InChI is InChI=1S/C15H26N2O4/c1-10(11-3-4-11)17(7-8-21-2)15(20)16-13-6-5-12(9-13)14(18)19/h10-13H,3-9H2,1-2H3,(H,16,20)(H,18,19). The van der Waals surface area contributed by atoms with Crippen LogP contribution in [-0.4, -0.2) is 54.4 Å². The second kappa shape index (κ2) is 7.11. The van der Waals surface area contributed by atoms with Crippen molar-refractivity contribution in [2.75, 3.05) is 20.3 Å². The maximum Gasteiger partial charge on any atom is 0.317 e. The smallest absolute Gasteiger partial charge is 0.317 e. The minimum absolute atomic E-state index is 0.0185. The average Bonchev–Trinajstić information content (AvgIpc) is 3.19. The van der Waals surface area contributed by atoms with E-state index in [9.17, 15) is 9.59 Å². The topological polar surface area (TPSA) is 78.9 Å². The van der Waals surface area contributed by atoms with E-state index in [4.69, 9.17) is 9.84 Å². The normalized spacial score (nSPS) is 26.4. The van der Waals surface area contributed by atoms with Gasteiger partial charge in [0.05, 0.1) is 12.5 Å². The van der Waals surface area contributed by atoms with Crippen molar-refractivity contribution in [1.29, 1.82) is 0 Å². The summed E-state index contributed by atoms with van der Waals surface area (Å²) in [4.78, 5) is 25.3. The summed E-state index contributed by atoms with van der Waals surface area (Å²) in [5.41, 5.74) is 0. The molecule has 0 saturated heterocycles. The first kappa shape index (κ1) is 16.1. The third-order valence-corrected chi connectivity index (χ3v) is 4.70. The van der Waals surface area contributed by atoms with Crippen molar-refractivity contribution in [3.8, 4) is 0 Å². The Hall–Kier alpha value is -1.30. The number of hydrogen-bond acceptors (Lipinski definition) is 3. The van der Waals surface area contributed by atoms with E-state index in [-0.39, 0.29) is 24.0 Å². The summed E-state index contributed by atoms with van der Waals surface area (Å²) >= 11 is 0. The Morgan fingerprint density at radius 1 is 1.33 bits per heavy atom. The molecule has 6 heteroatoms. The van der Waals surface area contributed by atoms with Crippen LogP contribution in [0.4, 0.5) is 4.79 Å². The summed E-state index contributed by atoms with van der Waals surface area (Å²) < 4.78 is 5.09. The summed E-state index contributed by atoms with van der Waals surface area (Å²) in [6, 6.07) is 0.120. The molecule has 2 fully saturated rings. The Morgan fingerprint density at radius 2 is 2.05 bits per heavy atom. The fourth-order valence-electron chi connectivity index (χ4n) is 3.11. The molecular weight excluding hydrogens is 272 g/mol. The molecule has 2 N–H and O–H groups in total. The van der Waals surface area contributed by atoms with E-state index in [0.717, 1.165) is 6.42 Å². The van der Waals surface area contributed by atoms with Crippen LogP contribution in [0.15, 0.2) is 0 Å². The third-order valence-electron chi connectivity index (χ3n) is 4.70. The number of carboxylic acids is 1. The molecule has 0 heterocycles. The number of rotatable bonds is 7. The van der Waals surface area contributed by atoms with E-state index in [0.29, 0.717) is 31.9 Å². The zero-order chi connectivity index (χ0) is 15.4. The largest absolute Gasteiger partial charge is 0.481 e. The average molecular weight is 298 g/mol. The second-order valence-electron chi connectivity index (χ2n) is 6.26. The maximum absolute atomic E-state index is 12.5. The lowest BCUT2D eigenvalue weighted by molar-refractivity contribution is -0.141. The van der Waals surface area contributed by atoms with Crippen molar-refractivity contribution in [2.45, 2.75) is 51.1 Å². The predicted molar refractivity (Wildman–Crippen MR) is 78.1 cm³/mol. The van der Waals surface area contributed by atoms with Crippen LogP contribution in [0.1, 0.15) is 39.0 Å². The van der Waals surface area contributed by atoms with Gasteiger partial charge >= 0.3 is 12.0 Å². The van der Waals surface area contributed by atoms with E-state index >= 15 is 0 Å². The third kappa shape index (κ3) is 4.33. The first-order valence-electron chi connectivity index (χ1n) is 7.81. The summed E-state index contributed by atoms with van der Waals surface area (Å²) in [7, 11) is 1.63. The van der Waals surface area contributed by atoms with Crippen LogP contribution >= 0.6 is 0 Å². The Kier molecular flexibility index (Phi) is 5.45. The van der Waals surface area contributed by atoms with Crippen LogP contribution in [0, 0.1) is 11.8 Å². The number of carbonyl (C=O) groups is 2. The van der Waals surface area contributed by atoms with Gasteiger partial charge in [-0.2, -0.15) is 0 Å². The fraction of sp³-hybridized carbons (Fsp3) is 0.867. The van der Waals surface area contributed by atoms with Gasteiger partial charge in [-0.05, 0) is 44.9 Å². The van der Waals surface area contributed by atoms with Gasteiger partial charge in [0, 0.05) is 25.7 Å². The molecule has 6 nitrogen and oxygen atoms in total. The van der Waals surface area contributed by atoms with Gasteiger partial charge < -0.3 is 20.1 Å². The predicted octanol–water partition coefficient (Wildman–Crippen LogP) is 1.70. The van der Waals surface area contributed by atoms with Crippen molar-refractivity contribution in [3.63, 3.8) is 0 Å². The van der Waals surface area contributed by atoms with Crippen LogP contribution in [-0.2, 0) is 9.53 Å². The molecule has 0 radical (unpaired) electrons. The molecule has 2 rings (SSSR count). The van der Waals surface area contributed by atoms with Gasteiger partial charge in [-0.15, -0.1) is 0 Å². The number of amides is 2. The van der Waals surface area contributed by atoms with E-state index < -0.39 is 5.97 Å². The molecule has 3 atom stereocenters. The van der Waals surface area contributed by atoms with Gasteiger partial charge in [0.1, 0.15) is 0 Å². The second-order valence-corrected chi connectivity index (χ2v) is 6.26. The molecule has 120 valence electrons. The lowest BCUT2D eigenvalue weighted by Crippen LogP contribution is -2.49. The number of aliphatic carboxylic acids is 1. The molecule has 21 heavy (non-hydrogen) atoms. The lowest BCUT2D eigenvalue weighted by Gasteiger charge is -2.30. The maximum atomic E-state index is 12.5. The van der Waals surface area contributed by atoms with Crippen LogP contribution < -0.4 is 5.32 Å². The Morgan fingerprint density at radius 3 is 2.57 bits per heavy atom. The van der Waals surface area contributed by atoms with E-state index in [1.54, 1.807) is 7.11 Å². The van der Waals surface area contributed by atoms with Crippen molar-refractivity contribution in [1.82, 2.24) is 10.2 Å². The van der Waals surface area contributed by atoms with Gasteiger partial charge in [-0.3, -0.25) is 4.79 Å². The molecule has 3 unspecified atom stereocenters. The van der Waals surface area contributed by atoms with Crippen molar-refractivity contribution < 1.29 is 19.4 Å². The lowest BCUT2D eigenvalue weighted by atomic mass is 10.1.